The second-order valence-electron chi connectivity index (χ2n) is 10.1. The minimum absolute atomic E-state index is 0.134. The van der Waals surface area contributed by atoms with Gasteiger partial charge in [-0.25, -0.2) is 29.3 Å². The van der Waals surface area contributed by atoms with Gasteiger partial charge < -0.3 is 24.6 Å². The zero-order chi connectivity index (χ0) is 26.6. The summed E-state index contributed by atoms with van der Waals surface area (Å²) in [5.41, 5.74) is 2.70. The molecule has 0 bridgehead atoms. The van der Waals surface area contributed by atoms with Gasteiger partial charge in [-0.1, -0.05) is 0 Å². The number of aromatic nitrogens is 6. The Hall–Kier alpha value is -4.38. The number of ether oxygens (including phenoxy) is 1. The normalized spacial score (nSPS) is 18.9. The largest absolute Gasteiger partial charge is 0.457 e. The monoisotopic (exact) mass is 514 g/mol. The van der Waals surface area contributed by atoms with Crippen molar-refractivity contribution in [3.8, 4) is 11.5 Å². The molecule has 0 amide bonds. The van der Waals surface area contributed by atoms with Crippen LogP contribution in [0, 0.1) is 12.7 Å². The molecule has 1 aliphatic carbocycles. The number of hydrogen-bond donors (Lipinski definition) is 2. The highest BCUT2D eigenvalue weighted by Gasteiger charge is 2.41. The molecule has 1 aliphatic rings. The molecule has 2 N–H and O–H groups in total. The van der Waals surface area contributed by atoms with Gasteiger partial charge in [0.05, 0.1) is 34.8 Å². The number of fused-ring (bicyclic) bond motifs is 2. The Balaban J connectivity index is 1.26. The van der Waals surface area contributed by atoms with Crippen LogP contribution in [-0.2, 0) is 7.05 Å². The standard InChI is InChI=1S/C27H27FN8O2/c1-15-22(38-17-5-7-21-19(9-17)32-14-35(21)3)8-6-18(23(15)28)33-25-24-20(30-13-31-25)12-29-26(34-24)36(4)16-10-27(2,37)11-16/h5-9,12-14,16,37H,10-11H2,1-4H3,(H,30,31,33)/t16-,27+. The highest BCUT2D eigenvalue weighted by Crippen LogP contribution is 2.37. The predicted octanol–water partition coefficient (Wildman–Crippen LogP) is 4.64. The summed E-state index contributed by atoms with van der Waals surface area (Å²) in [6, 6.07) is 9.03. The molecule has 38 heavy (non-hydrogen) atoms. The Labute approximate surface area is 218 Å². The zero-order valence-electron chi connectivity index (χ0n) is 21.5. The van der Waals surface area contributed by atoms with Crippen LogP contribution in [-0.4, -0.2) is 53.3 Å². The van der Waals surface area contributed by atoms with Gasteiger partial charge in [-0.05, 0) is 51.0 Å². The fourth-order valence-corrected chi connectivity index (χ4v) is 4.81. The topological polar surface area (TPSA) is 114 Å². The van der Waals surface area contributed by atoms with Crippen molar-refractivity contribution in [2.75, 3.05) is 17.3 Å². The number of hydrogen-bond acceptors (Lipinski definition) is 9. The van der Waals surface area contributed by atoms with E-state index < -0.39 is 11.4 Å². The van der Waals surface area contributed by atoms with Gasteiger partial charge in [0.25, 0.3) is 0 Å². The Kier molecular flexibility index (Phi) is 5.60. The third-order valence-electron chi connectivity index (χ3n) is 7.09. The SMILES string of the molecule is Cc1c(Oc2ccc3c(c2)ncn3C)ccc(Nc2ncnc3cnc(N(C)[C@H]4C[C@@](C)(O)C4)nc23)c1F. The third kappa shape index (κ3) is 4.24. The van der Waals surface area contributed by atoms with Gasteiger partial charge in [0.1, 0.15) is 28.9 Å². The first-order valence-electron chi connectivity index (χ1n) is 12.3. The summed E-state index contributed by atoms with van der Waals surface area (Å²) < 4.78 is 23.4. The molecule has 1 saturated carbocycles. The van der Waals surface area contributed by atoms with Crippen molar-refractivity contribution in [2.45, 2.75) is 38.3 Å². The lowest BCUT2D eigenvalue weighted by Crippen LogP contribution is -2.52. The number of aliphatic hydroxyl groups is 1. The van der Waals surface area contributed by atoms with Crippen LogP contribution in [0.3, 0.4) is 0 Å². The molecular weight excluding hydrogens is 487 g/mol. The van der Waals surface area contributed by atoms with Crippen LogP contribution >= 0.6 is 0 Å². The summed E-state index contributed by atoms with van der Waals surface area (Å²) in [6.07, 6.45) is 6.01. The maximum atomic E-state index is 15.5. The van der Waals surface area contributed by atoms with Gasteiger partial charge in [0.2, 0.25) is 5.95 Å². The van der Waals surface area contributed by atoms with Crippen LogP contribution in [0.4, 0.5) is 21.8 Å². The fourth-order valence-electron chi connectivity index (χ4n) is 4.81. The predicted molar refractivity (Wildman–Crippen MR) is 142 cm³/mol. The summed E-state index contributed by atoms with van der Waals surface area (Å²) in [4.78, 5) is 24.0. The van der Waals surface area contributed by atoms with Crippen molar-refractivity contribution >= 4 is 39.5 Å². The highest BCUT2D eigenvalue weighted by atomic mass is 19.1. The number of aryl methyl sites for hydroxylation is 1. The molecule has 1 fully saturated rings. The average molecular weight is 515 g/mol. The van der Waals surface area contributed by atoms with Gasteiger partial charge >= 0.3 is 0 Å². The first-order valence-corrected chi connectivity index (χ1v) is 12.3. The van der Waals surface area contributed by atoms with Gasteiger partial charge in [0.15, 0.2) is 11.6 Å². The smallest absolute Gasteiger partial charge is 0.226 e. The van der Waals surface area contributed by atoms with Crippen molar-refractivity contribution < 1.29 is 14.2 Å². The Morgan fingerprint density at radius 1 is 1.13 bits per heavy atom. The number of nitrogens with zero attached hydrogens (tertiary/aromatic N) is 7. The van der Waals surface area contributed by atoms with E-state index in [0.29, 0.717) is 52.7 Å². The molecule has 0 saturated heterocycles. The number of rotatable bonds is 6. The zero-order valence-corrected chi connectivity index (χ0v) is 21.5. The Morgan fingerprint density at radius 3 is 2.74 bits per heavy atom. The van der Waals surface area contributed by atoms with Crippen molar-refractivity contribution in [1.82, 2.24) is 29.5 Å². The summed E-state index contributed by atoms with van der Waals surface area (Å²) in [7, 11) is 3.82. The van der Waals surface area contributed by atoms with E-state index in [-0.39, 0.29) is 11.7 Å². The van der Waals surface area contributed by atoms with Gasteiger partial charge in [-0.2, -0.15) is 0 Å². The molecule has 11 heteroatoms. The number of nitrogens with one attached hydrogen (secondary N) is 1. The molecule has 2 aromatic carbocycles. The van der Waals surface area contributed by atoms with Crippen molar-refractivity contribution in [3.63, 3.8) is 0 Å². The van der Waals surface area contributed by atoms with Gasteiger partial charge in [0, 0.05) is 31.8 Å². The van der Waals surface area contributed by atoms with Crippen LogP contribution in [0.25, 0.3) is 22.1 Å². The Bertz CT molecular complexity index is 1680. The molecule has 194 valence electrons. The fraction of sp³-hybridized carbons (Fsp3) is 0.296. The van der Waals surface area contributed by atoms with Crippen molar-refractivity contribution in [1.29, 1.82) is 0 Å². The average Bonchev–Trinajstić information content (AvgIpc) is 3.26. The van der Waals surface area contributed by atoms with E-state index in [1.54, 1.807) is 31.6 Å². The van der Waals surface area contributed by atoms with Gasteiger partial charge in [-0.3, -0.25) is 0 Å². The van der Waals surface area contributed by atoms with Crippen molar-refractivity contribution in [3.05, 3.63) is 60.6 Å². The second-order valence-corrected chi connectivity index (χ2v) is 10.1. The Morgan fingerprint density at radius 2 is 1.95 bits per heavy atom. The molecule has 10 nitrogen and oxygen atoms in total. The molecule has 0 unspecified atom stereocenters. The van der Waals surface area contributed by atoms with E-state index in [0.717, 1.165) is 11.0 Å². The maximum absolute atomic E-state index is 15.5. The first kappa shape index (κ1) is 24.0. The van der Waals surface area contributed by atoms with Crippen LogP contribution < -0.4 is 15.0 Å². The lowest BCUT2D eigenvalue weighted by atomic mass is 9.76. The summed E-state index contributed by atoms with van der Waals surface area (Å²) in [5, 5.41) is 13.2. The van der Waals surface area contributed by atoms with Gasteiger partial charge in [-0.15, -0.1) is 0 Å². The van der Waals surface area contributed by atoms with E-state index in [1.807, 2.05) is 48.7 Å². The van der Waals surface area contributed by atoms with E-state index in [1.165, 1.54) is 6.33 Å². The minimum atomic E-state index is -0.665. The lowest BCUT2D eigenvalue weighted by molar-refractivity contribution is -0.0301. The van der Waals surface area contributed by atoms with E-state index >= 15 is 4.39 Å². The second kappa shape index (κ2) is 8.88. The van der Waals surface area contributed by atoms with E-state index in [2.05, 4.69) is 30.2 Å². The quantitative estimate of drug-likeness (QED) is 0.334. The van der Waals surface area contributed by atoms with E-state index in [9.17, 15) is 5.11 Å². The summed E-state index contributed by atoms with van der Waals surface area (Å²) in [6.45, 7) is 3.48. The third-order valence-corrected chi connectivity index (χ3v) is 7.09. The first-order chi connectivity index (χ1) is 18.2. The minimum Gasteiger partial charge on any atom is -0.457 e. The maximum Gasteiger partial charge on any atom is 0.226 e. The van der Waals surface area contributed by atoms with Crippen LogP contribution in [0.1, 0.15) is 25.3 Å². The van der Waals surface area contributed by atoms with Crippen LogP contribution in [0.15, 0.2) is 49.2 Å². The van der Waals surface area contributed by atoms with Crippen LogP contribution in [0.2, 0.25) is 0 Å². The number of benzene rings is 2. The number of halogens is 1. The lowest BCUT2D eigenvalue weighted by Gasteiger charge is -2.45. The number of anilines is 3. The molecule has 0 radical (unpaired) electrons. The highest BCUT2D eigenvalue weighted by molar-refractivity contribution is 5.87. The molecule has 0 atom stereocenters. The number of imidazole rings is 1. The van der Waals surface area contributed by atoms with E-state index in [4.69, 9.17) is 4.74 Å². The van der Waals surface area contributed by atoms with Crippen molar-refractivity contribution in [2.24, 2.45) is 7.05 Å². The molecule has 0 spiro atoms. The molecule has 0 aliphatic heterocycles. The van der Waals surface area contributed by atoms with Crippen LogP contribution in [0.5, 0.6) is 11.5 Å². The summed E-state index contributed by atoms with van der Waals surface area (Å²) >= 11 is 0. The molecule has 3 aromatic heterocycles. The summed E-state index contributed by atoms with van der Waals surface area (Å²) in [5.74, 6) is 1.36. The molecule has 5 aromatic rings. The molecule has 6 rings (SSSR count). The molecular formula is C27H27FN8O2. The molecule has 3 heterocycles.